The van der Waals surface area contributed by atoms with E-state index >= 15 is 0 Å². The van der Waals surface area contributed by atoms with E-state index in [1.54, 1.807) is 0 Å². The van der Waals surface area contributed by atoms with Crippen molar-refractivity contribution in [3.05, 3.63) is 60.2 Å². The van der Waals surface area contributed by atoms with Gasteiger partial charge in [0, 0.05) is 10.9 Å². The first-order chi connectivity index (χ1) is 9.28. The topological polar surface area (TPSA) is 33.1 Å². The zero-order valence-electron chi connectivity index (χ0n) is 10.8. The Morgan fingerprint density at radius 2 is 1.74 bits per heavy atom. The molecule has 1 aromatic heterocycles. The molecule has 0 amide bonds. The molecule has 0 bridgehead atoms. The quantitative estimate of drug-likeness (QED) is 0.698. The van der Waals surface area contributed by atoms with Crippen LogP contribution in [0.25, 0.3) is 22.2 Å². The van der Waals surface area contributed by atoms with E-state index in [1.807, 2.05) is 30.3 Å². The van der Waals surface area contributed by atoms with Crippen molar-refractivity contribution in [2.75, 3.05) is 0 Å². The predicted octanol–water partition coefficient (Wildman–Crippen LogP) is 1.65. The minimum atomic E-state index is 0.0297. The number of fused-ring (bicyclic) bond motifs is 1. The number of rotatable bonds is 2. The Kier molecular flexibility index (Phi) is 3.06. The summed E-state index contributed by atoms with van der Waals surface area (Å²) in [4.78, 5) is 4.67. The Hall–Kier alpha value is -2.13. The number of benzene rings is 2. The molecule has 3 aromatic rings. The number of aliphatic hydroxyl groups is 1. The molecule has 1 heterocycles. The number of aromatic nitrogens is 1. The van der Waals surface area contributed by atoms with E-state index in [4.69, 9.17) is 0 Å². The van der Waals surface area contributed by atoms with Crippen molar-refractivity contribution < 1.29 is 5.11 Å². The minimum Gasteiger partial charge on any atom is -0.392 e. The molecule has 2 aromatic carbocycles. The molecule has 0 unspecified atom stereocenters. The van der Waals surface area contributed by atoms with Crippen molar-refractivity contribution >= 4 is 24.2 Å². The van der Waals surface area contributed by atoms with Crippen molar-refractivity contribution in [1.29, 1.82) is 0 Å². The van der Waals surface area contributed by atoms with Gasteiger partial charge in [0.25, 0.3) is 0 Å². The van der Waals surface area contributed by atoms with Crippen molar-refractivity contribution in [3.63, 3.8) is 0 Å². The third-order valence-electron chi connectivity index (χ3n) is 3.32. The Bertz CT molecular complexity index is 722. The number of pyridine rings is 1. The smallest absolute Gasteiger partial charge is 0.139 e. The maximum atomic E-state index is 9.52. The number of nitrogens with zero attached hydrogens (tertiary/aromatic N) is 1. The van der Waals surface area contributed by atoms with Crippen LogP contribution in [-0.4, -0.2) is 17.9 Å². The summed E-state index contributed by atoms with van der Waals surface area (Å²) >= 11 is 0. The summed E-state index contributed by atoms with van der Waals surface area (Å²) in [5.74, 6) is 0. The lowest BCUT2D eigenvalue weighted by Crippen LogP contribution is -2.00. The fourth-order valence-corrected chi connectivity index (χ4v) is 2.25. The maximum absolute atomic E-state index is 9.52. The van der Waals surface area contributed by atoms with Crippen LogP contribution in [0.2, 0.25) is 0 Å². The van der Waals surface area contributed by atoms with Gasteiger partial charge in [-0.15, -0.1) is 0 Å². The summed E-state index contributed by atoms with van der Waals surface area (Å²) in [6.07, 6.45) is 0. The van der Waals surface area contributed by atoms with Crippen LogP contribution in [0.1, 0.15) is 5.56 Å². The van der Waals surface area contributed by atoms with Crippen LogP contribution in [0.5, 0.6) is 0 Å². The molecule has 92 valence electrons. The van der Waals surface area contributed by atoms with E-state index in [9.17, 15) is 5.11 Å². The average Bonchev–Trinajstić information content (AvgIpc) is 2.47. The summed E-state index contributed by atoms with van der Waals surface area (Å²) in [5.41, 5.74) is 5.05. The second kappa shape index (κ2) is 4.86. The molecule has 0 atom stereocenters. The molecule has 0 saturated carbocycles. The molecule has 3 rings (SSSR count). The van der Waals surface area contributed by atoms with Crippen LogP contribution >= 0.6 is 0 Å². The van der Waals surface area contributed by atoms with Gasteiger partial charge in [-0.05, 0) is 17.7 Å². The maximum Gasteiger partial charge on any atom is 0.139 e. The van der Waals surface area contributed by atoms with Gasteiger partial charge in [0.1, 0.15) is 7.85 Å². The lowest BCUT2D eigenvalue weighted by Gasteiger charge is -2.08. The predicted molar refractivity (Wildman–Crippen MR) is 81.3 cm³/mol. The third kappa shape index (κ3) is 2.25. The van der Waals surface area contributed by atoms with Gasteiger partial charge in [0.15, 0.2) is 0 Å². The van der Waals surface area contributed by atoms with Gasteiger partial charge in [-0.1, -0.05) is 47.9 Å². The Balaban J connectivity index is 2.22. The first kappa shape index (κ1) is 11.9. The SMILES string of the molecule is Bc1ccc(-c2cc(CO)c3ccccc3n2)cc1. The third-order valence-corrected chi connectivity index (χ3v) is 3.32. The van der Waals surface area contributed by atoms with Crippen molar-refractivity contribution in [1.82, 2.24) is 4.98 Å². The van der Waals surface area contributed by atoms with E-state index in [-0.39, 0.29) is 6.61 Å². The fourth-order valence-electron chi connectivity index (χ4n) is 2.25. The molecule has 0 aliphatic heterocycles. The summed E-state index contributed by atoms with van der Waals surface area (Å²) in [6.45, 7) is 0.0297. The molecule has 2 nitrogen and oxygen atoms in total. The van der Waals surface area contributed by atoms with E-state index in [2.05, 4.69) is 37.1 Å². The van der Waals surface area contributed by atoms with Crippen molar-refractivity contribution in [2.24, 2.45) is 0 Å². The molecule has 3 heteroatoms. The summed E-state index contributed by atoms with van der Waals surface area (Å²) in [6, 6.07) is 18.1. The number of hydrogen-bond donors (Lipinski definition) is 1. The van der Waals surface area contributed by atoms with Crippen molar-refractivity contribution in [2.45, 2.75) is 6.61 Å². The van der Waals surface area contributed by atoms with E-state index in [0.29, 0.717) is 0 Å². The van der Waals surface area contributed by atoms with Gasteiger partial charge in [0.05, 0.1) is 17.8 Å². The number of aliphatic hydroxyl groups excluding tert-OH is 1. The first-order valence-electron chi connectivity index (χ1n) is 6.34. The minimum absolute atomic E-state index is 0.0297. The van der Waals surface area contributed by atoms with Crippen LogP contribution < -0.4 is 5.46 Å². The molecular weight excluding hydrogens is 233 g/mol. The average molecular weight is 247 g/mol. The van der Waals surface area contributed by atoms with Crippen LogP contribution in [0.4, 0.5) is 0 Å². The highest BCUT2D eigenvalue weighted by molar-refractivity contribution is 6.32. The second-order valence-electron chi connectivity index (χ2n) is 4.71. The highest BCUT2D eigenvalue weighted by Crippen LogP contribution is 2.24. The molecule has 0 aliphatic rings. The summed E-state index contributed by atoms with van der Waals surface area (Å²) in [7, 11) is 2.07. The zero-order chi connectivity index (χ0) is 13.2. The van der Waals surface area contributed by atoms with Gasteiger partial charge >= 0.3 is 0 Å². The number of para-hydroxylation sites is 1. The van der Waals surface area contributed by atoms with Gasteiger partial charge in [-0.3, -0.25) is 0 Å². The van der Waals surface area contributed by atoms with Crippen LogP contribution in [0.15, 0.2) is 54.6 Å². The van der Waals surface area contributed by atoms with Crippen LogP contribution in [0.3, 0.4) is 0 Å². The van der Waals surface area contributed by atoms with E-state index in [1.165, 1.54) is 5.46 Å². The Morgan fingerprint density at radius 3 is 2.47 bits per heavy atom. The summed E-state index contributed by atoms with van der Waals surface area (Å²) in [5, 5.41) is 10.5. The van der Waals surface area contributed by atoms with E-state index < -0.39 is 0 Å². The van der Waals surface area contributed by atoms with Crippen LogP contribution in [-0.2, 0) is 6.61 Å². The monoisotopic (exact) mass is 247 g/mol. The Morgan fingerprint density at radius 1 is 1.00 bits per heavy atom. The highest BCUT2D eigenvalue weighted by atomic mass is 16.3. The number of hydrogen-bond acceptors (Lipinski definition) is 2. The normalized spacial score (nSPS) is 10.8. The Labute approximate surface area is 113 Å². The fraction of sp³-hybridized carbons (Fsp3) is 0.0625. The zero-order valence-corrected chi connectivity index (χ0v) is 10.8. The standard InChI is InChI=1S/C16H14BNO/c17-13-7-5-11(6-8-13)16-9-12(10-19)14-3-1-2-4-15(14)18-16/h1-9,19H,10,17H2. The van der Waals surface area contributed by atoms with Gasteiger partial charge < -0.3 is 5.11 Å². The molecule has 0 aliphatic carbocycles. The second-order valence-corrected chi connectivity index (χ2v) is 4.71. The van der Waals surface area contributed by atoms with Gasteiger partial charge in [-0.2, -0.15) is 0 Å². The molecule has 19 heavy (non-hydrogen) atoms. The largest absolute Gasteiger partial charge is 0.392 e. The highest BCUT2D eigenvalue weighted by Gasteiger charge is 2.06. The lowest BCUT2D eigenvalue weighted by atomic mass is 9.94. The van der Waals surface area contributed by atoms with Gasteiger partial charge in [0.2, 0.25) is 0 Å². The van der Waals surface area contributed by atoms with Crippen molar-refractivity contribution in [3.8, 4) is 11.3 Å². The first-order valence-corrected chi connectivity index (χ1v) is 6.34. The van der Waals surface area contributed by atoms with Crippen LogP contribution in [0, 0.1) is 0 Å². The molecule has 1 N–H and O–H groups in total. The molecule has 0 fully saturated rings. The molecule has 0 radical (unpaired) electrons. The summed E-state index contributed by atoms with van der Waals surface area (Å²) < 4.78 is 0. The molecule has 0 spiro atoms. The van der Waals surface area contributed by atoms with Gasteiger partial charge in [-0.25, -0.2) is 4.98 Å². The molecule has 0 saturated heterocycles. The van der Waals surface area contributed by atoms with E-state index in [0.717, 1.165) is 27.7 Å². The lowest BCUT2D eigenvalue weighted by molar-refractivity contribution is 0.283. The molecular formula is C16H14BNO.